The summed E-state index contributed by atoms with van der Waals surface area (Å²) < 4.78 is 52.9. The molecule has 11 heteroatoms. The molecule has 4 saturated heterocycles. The molecule has 2 aliphatic carbocycles. The normalized spacial score (nSPS) is 29.9. The number of phenolic OH excluding ortho intramolecular Hbond substituents is 1. The third-order valence-corrected chi connectivity index (χ3v) is 12.2. The molecule has 0 radical (unpaired) electrons. The van der Waals surface area contributed by atoms with Gasteiger partial charge in [-0.1, -0.05) is 13.0 Å². The Hall–Kier alpha value is -3.70. The molecule has 4 aliphatic heterocycles. The molecule has 6 fully saturated rings. The van der Waals surface area contributed by atoms with E-state index in [0.717, 1.165) is 38.8 Å². The highest BCUT2D eigenvalue weighted by Gasteiger charge is 2.64. The fourth-order valence-electron chi connectivity index (χ4n) is 10.1. The molecule has 10 rings (SSSR count). The van der Waals surface area contributed by atoms with E-state index in [9.17, 15) is 14.6 Å². The maximum absolute atomic E-state index is 17.0. The summed E-state index contributed by atoms with van der Waals surface area (Å²) in [6, 6.07) is 5.89. The van der Waals surface area contributed by atoms with Crippen LogP contribution in [0, 0.1) is 28.4 Å². The lowest BCUT2D eigenvalue weighted by Crippen LogP contribution is -2.65. The molecular weight excluding hydrogens is 619 g/mol. The Balaban J connectivity index is 1.19. The van der Waals surface area contributed by atoms with E-state index in [1.165, 1.54) is 31.0 Å². The van der Waals surface area contributed by atoms with Gasteiger partial charge in [-0.15, -0.1) is 0 Å². The van der Waals surface area contributed by atoms with Gasteiger partial charge in [0.2, 0.25) is 0 Å². The predicted molar refractivity (Wildman–Crippen MR) is 176 cm³/mol. The van der Waals surface area contributed by atoms with Gasteiger partial charge in [-0.2, -0.15) is 9.97 Å². The van der Waals surface area contributed by atoms with Crippen molar-refractivity contribution < 1.29 is 28.1 Å². The van der Waals surface area contributed by atoms with Crippen LogP contribution in [-0.4, -0.2) is 81.2 Å². The predicted octanol–water partition coefficient (Wildman–Crippen LogP) is 6.34. The average molecular weight is 660 g/mol. The summed E-state index contributed by atoms with van der Waals surface area (Å²) in [6.07, 6.45) is 7.47. The van der Waals surface area contributed by atoms with Crippen LogP contribution in [0.25, 0.3) is 32.9 Å². The number of alkyl halides is 1. The highest BCUT2D eigenvalue weighted by molar-refractivity contribution is 6.01. The molecule has 6 aliphatic rings. The van der Waals surface area contributed by atoms with Gasteiger partial charge >= 0.3 is 6.01 Å². The number of aromatic nitrogens is 3. The number of hydrogen-bond acceptors (Lipinski definition) is 8. The summed E-state index contributed by atoms with van der Waals surface area (Å²) in [5, 5.41) is 22.6. The van der Waals surface area contributed by atoms with E-state index in [2.05, 4.69) is 19.8 Å². The summed E-state index contributed by atoms with van der Waals surface area (Å²) in [7, 11) is 0. The molecule has 2 bridgehead atoms. The molecular formula is C37H40F3N5O3. The molecule has 2 atom stereocenters. The SMILES string of the molecule is CCc1c(F)ccc2cc(O)cc(-c3ncc4c(N5CC6(CO)CC(C7CC7)(C5)C6)nc(OC[C@@]56CCCN5C[C@H](F)C6)nc4c3F)c12. The van der Waals surface area contributed by atoms with Gasteiger partial charge in [0, 0.05) is 43.2 Å². The summed E-state index contributed by atoms with van der Waals surface area (Å²) in [4.78, 5) is 18.4. The number of aliphatic hydroxyl groups is 1. The van der Waals surface area contributed by atoms with Crippen LogP contribution in [0.1, 0.15) is 57.4 Å². The molecule has 252 valence electrons. The van der Waals surface area contributed by atoms with E-state index < -0.39 is 23.3 Å². The Bertz CT molecular complexity index is 1960. The largest absolute Gasteiger partial charge is 0.508 e. The van der Waals surface area contributed by atoms with Crippen molar-refractivity contribution in [1.29, 1.82) is 0 Å². The van der Waals surface area contributed by atoms with Crippen LogP contribution < -0.4 is 9.64 Å². The number of phenols is 1. The highest BCUT2D eigenvalue weighted by atomic mass is 19.1. The molecule has 2 aromatic carbocycles. The first kappa shape index (κ1) is 30.4. The Morgan fingerprint density at radius 2 is 1.94 bits per heavy atom. The lowest BCUT2D eigenvalue weighted by Gasteiger charge is -2.64. The number of halogens is 3. The van der Waals surface area contributed by atoms with Gasteiger partial charge in [0.15, 0.2) is 5.82 Å². The molecule has 6 heterocycles. The number of piperidine rings is 2. The van der Waals surface area contributed by atoms with Gasteiger partial charge in [0.1, 0.15) is 41.4 Å². The minimum absolute atomic E-state index is 0.0101. The molecule has 0 amide bonds. The van der Waals surface area contributed by atoms with Gasteiger partial charge in [0.05, 0.1) is 17.5 Å². The first-order chi connectivity index (χ1) is 23.2. The summed E-state index contributed by atoms with van der Waals surface area (Å²) in [5.41, 5.74) is 0.0508. The fraction of sp³-hybridized carbons (Fsp3) is 0.541. The van der Waals surface area contributed by atoms with E-state index in [4.69, 9.17) is 9.72 Å². The number of aryl methyl sites for hydroxylation is 1. The number of benzene rings is 2. The van der Waals surface area contributed by atoms with Gasteiger partial charge < -0.3 is 19.8 Å². The summed E-state index contributed by atoms with van der Waals surface area (Å²) in [6.45, 7) is 4.62. The van der Waals surface area contributed by atoms with Crippen molar-refractivity contribution in [3.05, 3.63) is 47.7 Å². The van der Waals surface area contributed by atoms with Gasteiger partial charge in [-0.25, -0.2) is 13.2 Å². The lowest BCUT2D eigenvalue weighted by atomic mass is 9.48. The van der Waals surface area contributed by atoms with Crippen molar-refractivity contribution in [2.75, 3.05) is 44.3 Å². The fourth-order valence-corrected chi connectivity index (χ4v) is 10.1. The lowest BCUT2D eigenvalue weighted by molar-refractivity contribution is -0.105. The number of anilines is 1. The van der Waals surface area contributed by atoms with E-state index in [1.54, 1.807) is 12.3 Å². The molecule has 48 heavy (non-hydrogen) atoms. The molecule has 2 aromatic heterocycles. The molecule has 2 saturated carbocycles. The molecule has 0 spiro atoms. The highest BCUT2D eigenvalue weighted by Crippen LogP contribution is 2.67. The van der Waals surface area contributed by atoms with Gasteiger partial charge in [-0.3, -0.25) is 9.88 Å². The van der Waals surface area contributed by atoms with Crippen LogP contribution in [0.15, 0.2) is 30.5 Å². The van der Waals surface area contributed by atoms with Crippen LogP contribution >= 0.6 is 0 Å². The van der Waals surface area contributed by atoms with E-state index >= 15 is 8.78 Å². The topological polar surface area (TPSA) is 94.8 Å². The molecule has 8 nitrogen and oxygen atoms in total. The van der Waals surface area contributed by atoms with Gasteiger partial charge in [0.25, 0.3) is 0 Å². The number of hydrogen-bond donors (Lipinski definition) is 2. The van der Waals surface area contributed by atoms with E-state index in [-0.39, 0.29) is 52.6 Å². The molecule has 4 aromatic rings. The number of ether oxygens (including phenoxy) is 1. The first-order valence-electron chi connectivity index (χ1n) is 17.3. The van der Waals surface area contributed by atoms with Crippen molar-refractivity contribution in [2.24, 2.45) is 16.7 Å². The zero-order valence-corrected chi connectivity index (χ0v) is 27.1. The second kappa shape index (κ2) is 10.6. The first-order valence-corrected chi connectivity index (χ1v) is 17.3. The second-order valence-electron chi connectivity index (χ2n) is 15.4. The minimum atomic E-state index is -0.920. The van der Waals surface area contributed by atoms with Crippen molar-refractivity contribution in [2.45, 2.75) is 70.0 Å². The Kier molecular flexibility index (Phi) is 6.74. The van der Waals surface area contributed by atoms with E-state index in [1.807, 2.05) is 6.92 Å². The Labute approximate surface area is 276 Å². The van der Waals surface area contributed by atoms with Crippen LogP contribution in [0.5, 0.6) is 11.8 Å². The van der Waals surface area contributed by atoms with Crippen LogP contribution in [-0.2, 0) is 6.42 Å². The number of aromatic hydroxyl groups is 1. The van der Waals surface area contributed by atoms with Gasteiger partial charge in [-0.05, 0) is 97.4 Å². The number of fused-ring (bicyclic) bond motifs is 5. The van der Waals surface area contributed by atoms with E-state index in [0.29, 0.717) is 59.4 Å². The number of aliphatic hydroxyl groups excluding tert-OH is 1. The zero-order valence-electron chi connectivity index (χ0n) is 27.1. The Morgan fingerprint density at radius 1 is 1.10 bits per heavy atom. The number of nitrogens with zero attached hydrogens (tertiary/aromatic N) is 5. The summed E-state index contributed by atoms with van der Waals surface area (Å²) >= 11 is 0. The Morgan fingerprint density at radius 3 is 2.71 bits per heavy atom. The average Bonchev–Trinajstić information content (AvgIpc) is 3.79. The van der Waals surface area contributed by atoms with Crippen molar-refractivity contribution in [3.8, 4) is 23.0 Å². The standard InChI is InChI=1S/C37H40F3N5O3/c1-2-25-28(39)7-4-21-10-24(47)11-26(29(21)25)31-30(40)32-27(13-41-31)33(44-17-35(19-46)15-36(16-35,18-44)22-5-6-22)43-34(42-32)48-20-37-8-3-9-45(37)14-23(38)12-37/h4,7,10-11,13,22-23,46-47H,2-3,5-6,8-9,12,14-20H2,1H3/t23-,35?,36?,37+/m1/s1. The maximum atomic E-state index is 17.0. The van der Waals surface area contributed by atoms with Crippen LogP contribution in [0.2, 0.25) is 0 Å². The minimum Gasteiger partial charge on any atom is -0.508 e. The number of pyridine rings is 1. The van der Waals surface area contributed by atoms with Crippen molar-refractivity contribution >= 4 is 27.5 Å². The third-order valence-electron chi connectivity index (χ3n) is 12.2. The van der Waals surface area contributed by atoms with Crippen LogP contribution in [0.3, 0.4) is 0 Å². The maximum Gasteiger partial charge on any atom is 0.319 e. The smallest absolute Gasteiger partial charge is 0.319 e. The monoisotopic (exact) mass is 659 g/mol. The van der Waals surface area contributed by atoms with Crippen molar-refractivity contribution in [3.63, 3.8) is 0 Å². The second-order valence-corrected chi connectivity index (χ2v) is 15.4. The molecule has 0 unspecified atom stereocenters. The van der Waals surface area contributed by atoms with Crippen molar-refractivity contribution in [1.82, 2.24) is 19.9 Å². The zero-order chi connectivity index (χ0) is 33.0. The quantitative estimate of drug-likeness (QED) is 0.227. The summed E-state index contributed by atoms with van der Waals surface area (Å²) in [5.74, 6) is -0.101. The third kappa shape index (κ3) is 4.52. The van der Waals surface area contributed by atoms with Crippen LogP contribution in [0.4, 0.5) is 19.0 Å². The molecule has 2 N–H and O–H groups in total. The number of rotatable bonds is 8.